The molecular weight excluding hydrogens is 416 g/mol. The summed E-state index contributed by atoms with van der Waals surface area (Å²) in [4.78, 5) is 22.2. The van der Waals surface area contributed by atoms with Crippen LogP contribution in [-0.4, -0.2) is 19.1 Å². The first-order valence-corrected chi connectivity index (χ1v) is 10.4. The van der Waals surface area contributed by atoms with E-state index in [1.807, 2.05) is 79.7 Å². The topological polar surface area (TPSA) is 114 Å². The van der Waals surface area contributed by atoms with Gasteiger partial charge >= 0.3 is 5.69 Å². The molecule has 0 saturated heterocycles. The normalized spacial score (nSPS) is 11.1. The molecule has 5 rings (SSSR count). The molecule has 0 aliphatic heterocycles. The third-order valence-electron chi connectivity index (χ3n) is 5.44. The lowest BCUT2D eigenvalue weighted by molar-refractivity contribution is 0.482. The number of aryl methyl sites for hydroxylation is 1. The highest BCUT2D eigenvalue weighted by Crippen LogP contribution is 2.28. The van der Waals surface area contributed by atoms with Crippen LogP contribution in [0.5, 0.6) is 11.5 Å². The van der Waals surface area contributed by atoms with E-state index in [1.165, 1.54) is 10.9 Å². The van der Waals surface area contributed by atoms with Crippen LogP contribution in [0.1, 0.15) is 11.1 Å². The SMILES string of the molecule is Cc1cc(Oc2ccccc2)ccc1-n1c(=O)n(-c2cccc(CN)c2)c2ncnc(N)c21. The molecule has 0 aliphatic carbocycles. The fourth-order valence-electron chi connectivity index (χ4n) is 3.89. The molecule has 8 nitrogen and oxygen atoms in total. The van der Waals surface area contributed by atoms with Crippen molar-refractivity contribution in [3.8, 4) is 22.9 Å². The van der Waals surface area contributed by atoms with Gasteiger partial charge in [-0.25, -0.2) is 19.3 Å². The van der Waals surface area contributed by atoms with Crippen LogP contribution in [0.15, 0.2) is 83.9 Å². The summed E-state index contributed by atoms with van der Waals surface area (Å²) in [5.41, 5.74) is 15.7. The molecule has 0 radical (unpaired) electrons. The zero-order valence-electron chi connectivity index (χ0n) is 18.0. The number of para-hydroxylation sites is 1. The number of hydrogen-bond donors (Lipinski definition) is 2. The summed E-state index contributed by atoms with van der Waals surface area (Å²) in [6.07, 6.45) is 1.36. The van der Waals surface area contributed by atoms with Gasteiger partial charge in [-0.15, -0.1) is 0 Å². The van der Waals surface area contributed by atoms with Crippen molar-refractivity contribution in [1.82, 2.24) is 19.1 Å². The van der Waals surface area contributed by atoms with Crippen LogP contribution >= 0.6 is 0 Å². The highest BCUT2D eigenvalue weighted by atomic mass is 16.5. The summed E-state index contributed by atoms with van der Waals surface area (Å²) in [6, 6.07) is 22.5. The summed E-state index contributed by atoms with van der Waals surface area (Å²) in [5, 5.41) is 0. The van der Waals surface area contributed by atoms with E-state index < -0.39 is 0 Å². The van der Waals surface area contributed by atoms with Crippen molar-refractivity contribution < 1.29 is 4.74 Å². The largest absolute Gasteiger partial charge is 0.457 e. The maximum Gasteiger partial charge on any atom is 0.339 e. The molecule has 0 atom stereocenters. The second kappa shape index (κ2) is 8.25. The molecule has 0 amide bonds. The van der Waals surface area contributed by atoms with Gasteiger partial charge in [-0.2, -0.15) is 0 Å². The van der Waals surface area contributed by atoms with Crippen molar-refractivity contribution >= 4 is 17.0 Å². The van der Waals surface area contributed by atoms with E-state index in [4.69, 9.17) is 16.2 Å². The highest BCUT2D eigenvalue weighted by Gasteiger charge is 2.21. The van der Waals surface area contributed by atoms with Crippen molar-refractivity contribution in [3.63, 3.8) is 0 Å². The summed E-state index contributed by atoms with van der Waals surface area (Å²) in [6.45, 7) is 2.28. The third-order valence-corrected chi connectivity index (χ3v) is 5.44. The lowest BCUT2D eigenvalue weighted by Crippen LogP contribution is -2.23. The molecule has 8 heteroatoms. The van der Waals surface area contributed by atoms with Crippen LogP contribution in [0.3, 0.4) is 0 Å². The van der Waals surface area contributed by atoms with Crippen molar-refractivity contribution in [1.29, 1.82) is 0 Å². The number of ether oxygens (including phenoxy) is 1. The smallest absolute Gasteiger partial charge is 0.339 e. The van der Waals surface area contributed by atoms with Crippen molar-refractivity contribution in [3.05, 3.63) is 101 Å². The average molecular weight is 438 g/mol. The maximum atomic E-state index is 13.7. The Hall–Kier alpha value is -4.43. The van der Waals surface area contributed by atoms with Crippen molar-refractivity contribution in [2.45, 2.75) is 13.5 Å². The number of fused-ring (bicyclic) bond motifs is 1. The maximum absolute atomic E-state index is 13.7. The molecule has 0 spiro atoms. The molecule has 0 unspecified atom stereocenters. The summed E-state index contributed by atoms with van der Waals surface area (Å²) in [7, 11) is 0. The molecule has 5 aromatic rings. The standard InChI is InChI=1S/C25H22N6O2/c1-16-12-20(33-19-8-3-2-4-9-19)10-11-21(16)31-22-23(27)28-15-29-24(22)30(25(31)32)18-7-5-6-17(13-18)14-26/h2-13,15H,14,26H2,1H3,(H2,27,28,29). The number of nitrogens with two attached hydrogens (primary N) is 2. The van der Waals surface area contributed by atoms with E-state index in [2.05, 4.69) is 9.97 Å². The van der Waals surface area contributed by atoms with E-state index in [9.17, 15) is 4.79 Å². The molecule has 3 aromatic carbocycles. The minimum absolute atomic E-state index is 0.217. The van der Waals surface area contributed by atoms with Gasteiger partial charge in [0.25, 0.3) is 0 Å². The van der Waals surface area contributed by atoms with Crippen LogP contribution in [0, 0.1) is 6.92 Å². The van der Waals surface area contributed by atoms with Gasteiger partial charge in [0.2, 0.25) is 0 Å². The minimum atomic E-state index is -0.300. The Balaban J connectivity index is 1.69. The Kier molecular flexibility index (Phi) is 5.12. The van der Waals surface area contributed by atoms with Gasteiger partial charge in [0.1, 0.15) is 23.3 Å². The fraction of sp³-hybridized carbons (Fsp3) is 0.0800. The number of rotatable bonds is 5. The Morgan fingerprint density at radius 1 is 0.909 bits per heavy atom. The molecule has 2 heterocycles. The molecule has 164 valence electrons. The quantitative estimate of drug-likeness (QED) is 0.432. The lowest BCUT2D eigenvalue weighted by Gasteiger charge is -2.11. The Bertz CT molecular complexity index is 1520. The average Bonchev–Trinajstić information content (AvgIpc) is 3.13. The van der Waals surface area contributed by atoms with Crippen molar-refractivity contribution in [2.24, 2.45) is 5.73 Å². The molecule has 0 saturated carbocycles. The van der Waals surface area contributed by atoms with Crippen LogP contribution in [0.4, 0.5) is 5.82 Å². The Labute approximate surface area is 189 Å². The predicted molar refractivity (Wildman–Crippen MR) is 128 cm³/mol. The first-order valence-electron chi connectivity index (χ1n) is 10.4. The molecular formula is C25H22N6O2. The van der Waals surface area contributed by atoms with Crippen LogP contribution in [0.2, 0.25) is 0 Å². The van der Waals surface area contributed by atoms with Gasteiger partial charge in [-0.05, 0) is 60.5 Å². The second-order valence-corrected chi connectivity index (χ2v) is 7.62. The van der Waals surface area contributed by atoms with E-state index in [0.29, 0.717) is 34.8 Å². The second-order valence-electron chi connectivity index (χ2n) is 7.62. The van der Waals surface area contributed by atoms with Crippen molar-refractivity contribution in [2.75, 3.05) is 5.73 Å². The van der Waals surface area contributed by atoms with Crippen LogP contribution in [0.25, 0.3) is 22.5 Å². The van der Waals surface area contributed by atoms with Gasteiger partial charge in [-0.1, -0.05) is 30.3 Å². The molecule has 0 aliphatic rings. The monoisotopic (exact) mass is 438 g/mol. The minimum Gasteiger partial charge on any atom is -0.457 e. The van der Waals surface area contributed by atoms with Gasteiger partial charge < -0.3 is 16.2 Å². The fourth-order valence-corrected chi connectivity index (χ4v) is 3.89. The van der Waals surface area contributed by atoms with E-state index in [1.54, 1.807) is 4.57 Å². The summed E-state index contributed by atoms with van der Waals surface area (Å²) in [5.74, 6) is 1.62. The number of nitrogen functional groups attached to an aromatic ring is 1. The lowest BCUT2D eigenvalue weighted by atomic mass is 10.2. The number of imidazole rings is 1. The summed E-state index contributed by atoms with van der Waals surface area (Å²) < 4.78 is 9.01. The third kappa shape index (κ3) is 3.62. The molecule has 2 aromatic heterocycles. The number of hydrogen-bond acceptors (Lipinski definition) is 6. The Morgan fingerprint density at radius 2 is 1.73 bits per heavy atom. The van der Waals surface area contributed by atoms with E-state index >= 15 is 0 Å². The van der Waals surface area contributed by atoms with Crippen LogP contribution in [-0.2, 0) is 6.54 Å². The first-order chi connectivity index (χ1) is 16.1. The first kappa shape index (κ1) is 20.5. The van der Waals surface area contributed by atoms with Gasteiger partial charge in [0.15, 0.2) is 11.5 Å². The molecule has 0 fully saturated rings. The molecule has 4 N–H and O–H groups in total. The Morgan fingerprint density at radius 3 is 2.48 bits per heavy atom. The zero-order valence-corrected chi connectivity index (χ0v) is 18.0. The van der Waals surface area contributed by atoms with Gasteiger partial charge in [0, 0.05) is 6.54 Å². The van der Waals surface area contributed by atoms with E-state index in [-0.39, 0.29) is 11.5 Å². The summed E-state index contributed by atoms with van der Waals surface area (Å²) >= 11 is 0. The van der Waals surface area contributed by atoms with Gasteiger partial charge in [0.05, 0.1) is 11.4 Å². The van der Waals surface area contributed by atoms with Crippen LogP contribution < -0.4 is 21.9 Å². The highest BCUT2D eigenvalue weighted by molar-refractivity contribution is 5.85. The van der Waals surface area contributed by atoms with Gasteiger partial charge in [-0.3, -0.25) is 4.57 Å². The number of anilines is 1. The number of aromatic nitrogens is 4. The molecule has 33 heavy (non-hydrogen) atoms. The van der Waals surface area contributed by atoms with E-state index in [0.717, 1.165) is 16.9 Å². The molecule has 0 bridgehead atoms. The number of benzene rings is 3. The predicted octanol–water partition coefficient (Wildman–Crippen LogP) is 3.71. The zero-order chi connectivity index (χ0) is 22.9. The number of nitrogens with zero attached hydrogens (tertiary/aromatic N) is 4.